The fourth-order valence-corrected chi connectivity index (χ4v) is 2.49. The molecule has 1 heterocycles. The van der Waals surface area contributed by atoms with Gasteiger partial charge in [-0.3, -0.25) is 0 Å². The Balaban J connectivity index is 1.85. The van der Waals surface area contributed by atoms with Crippen molar-refractivity contribution in [3.8, 4) is 0 Å². The maximum atomic E-state index is 9.18. The van der Waals surface area contributed by atoms with Gasteiger partial charge in [0, 0.05) is 19.2 Å². The molecule has 1 aliphatic heterocycles. The largest absolute Gasteiger partial charge is 0.396 e. The third-order valence-electron chi connectivity index (χ3n) is 3.65. The zero-order chi connectivity index (χ0) is 9.10. The third-order valence-corrected chi connectivity index (χ3v) is 3.65. The highest BCUT2D eigenvalue weighted by molar-refractivity contribution is 4.83. The van der Waals surface area contributed by atoms with Crippen LogP contribution in [-0.4, -0.2) is 35.7 Å². The van der Waals surface area contributed by atoms with Crippen LogP contribution in [0.2, 0.25) is 0 Å². The van der Waals surface area contributed by atoms with Gasteiger partial charge >= 0.3 is 0 Å². The first kappa shape index (κ1) is 9.47. The average Bonchev–Trinajstić information content (AvgIpc) is 2.27. The van der Waals surface area contributed by atoms with Crippen LogP contribution in [0.3, 0.4) is 0 Å². The molecule has 0 aromatic heterocycles. The quantitative estimate of drug-likeness (QED) is 0.703. The van der Waals surface area contributed by atoms with Crippen molar-refractivity contribution in [1.82, 2.24) is 4.90 Å². The molecule has 2 heteroatoms. The van der Waals surface area contributed by atoms with E-state index >= 15 is 0 Å². The molecule has 0 bridgehead atoms. The summed E-state index contributed by atoms with van der Waals surface area (Å²) in [5, 5.41) is 9.18. The normalized spacial score (nSPS) is 32.5. The Hall–Kier alpha value is -0.0800. The van der Waals surface area contributed by atoms with E-state index in [0.717, 1.165) is 12.6 Å². The minimum atomic E-state index is 0.392. The van der Waals surface area contributed by atoms with E-state index in [-0.39, 0.29) is 0 Å². The molecule has 0 spiro atoms. The molecule has 2 aliphatic rings. The van der Waals surface area contributed by atoms with E-state index in [0.29, 0.717) is 12.5 Å². The van der Waals surface area contributed by atoms with Gasteiger partial charge in [-0.05, 0) is 38.1 Å². The van der Waals surface area contributed by atoms with Crippen LogP contribution in [0.25, 0.3) is 0 Å². The van der Waals surface area contributed by atoms with Gasteiger partial charge in [0.05, 0.1) is 0 Å². The van der Waals surface area contributed by atoms with Crippen molar-refractivity contribution in [2.75, 3.05) is 19.7 Å². The Morgan fingerprint density at radius 3 is 2.54 bits per heavy atom. The molecule has 2 rings (SSSR count). The molecule has 1 unspecified atom stereocenters. The van der Waals surface area contributed by atoms with E-state index in [1.807, 2.05) is 0 Å². The van der Waals surface area contributed by atoms with Crippen molar-refractivity contribution in [2.45, 2.75) is 44.6 Å². The summed E-state index contributed by atoms with van der Waals surface area (Å²) in [6.07, 6.45) is 8.11. The number of aliphatic hydroxyl groups is 1. The molecule has 2 nitrogen and oxygen atoms in total. The Bertz CT molecular complexity index is 156. The standard InChI is InChI=1S/C11H21NO/c13-9-10-4-1-2-7-12(8-10)11-5-3-6-11/h10-11,13H,1-9H2. The molecule has 2 fully saturated rings. The second kappa shape index (κ2) is 4.43. The first-order valence-corrected chi connectivity index (χ1v) is 5.75. The van der Waals surface area contributed by atoms with Gasteiger partial charge in [0.15, 0.2) is 0 Å². The van der Waals surface area contributed by atoms with E-state index in [1.54, 1.807) is 0 Å². The Morgan fingerprint density at radius 1 is 1.08 bits per heavy atom. The van der Waals surface area contributed by atoms with Crippen molar-refractivity contribution >= 4 is 0 Å². The highest BCUT2D eigenvalue weighted by Gasteiger charge is 2.27. The summed E-state index contributed by atoms with van der Waals surface area (Å²) in [5.74, 6) is 0.558. The fourth-order valence-electron chi connectivity index (χ4n) is 2.49. The lowest BCUT2D eigenvalue weighted by atomic mass is 9.91. The molecular weight excluding hydrogens is 162 g/mol. The average molecular weight is 183 g/mol. The van der Waals surface area contributed by atoms with Crippen LogP contribution in [0.5, 0.6) is 0 Å². The molecule has 0 aromatic rings. The number of aliphatic hydroxyl groups excluding tert-OH is 1. The number of hydrogen-bond acceptors (Lipinski definition) is 2. The summed E-state index contributed by atoms with van der Waals surface area (Å²) in [7, 11) is 0. The topological polar surface area (TPSA) is 23.5 Å². The summed E-state index contributed by atoms with van der Waals surface area (Å²) in [6, 6.07) is 0.868. The van der Waals surface area contributed by atoms with E-state index in [2.05, 4.69) is 4.90 Å². The highest BCUT2D eigenvalue weighted by Crippen LogP contribution is 2.28. The van der Waals surface area contributed by atoms with E-state index in [4.69, 9.17) is 0 Å². The van der Waals surface area contributed by atoms with Crippen LogP contribution in [0.1, 0.15) is 38.5 Å². The number of likely N-dealkylation sites (tertiary alicyclic amines) is 1. The maximum absolute atomic E-state index is 9.18. The summed E-state index contributed by atoms with van der Waals surface area (Å²) >= 11 is 0. The smallest absolute Gasteiger partial charge is 0.0471 e. The first-order chi connectivity index (χ1) is 6.40. The van der Waals surface area contributed by atoms with Crippen molar-refractivity contribution in [3.63, 3.8) is 0 Å². The minimum Gasteiger partial charge on any atom is -0.396 e. The van der Waals surface area contributed by atoms with E-state index in [9.17, 15) is 5.11 Å². The SMILES string of the molecule is OCC1CCCCN(C2CCC2)C1. The number of nitrogens with zero attached hydrogens (tertiary/aromatic N) is 1. The van der Waals surface area contributed by atoms with Gasteiger partial charge in [-0.15, -0.1) is 0 Å². The number of hydrogen-bond donors (Lipinski definition) is 1. The van der Waals surface area contributed by atoms with Gasteiger partial charge in [0.2, 0.25) is 0 Å². The van der Waals surface area contributed by atoms with Crippen molar-refractivity contribution < 1.29 is 5.11 Å². The van der Waals surface area contributed by atoms with Crippen LogP contribution in [0, 0.1) is 5.92 Å². The lowest BCUT2D eigenvalue weighted by Crippen LogP contribution is -2.42. The molecule has 1 saturated carbocycles. The van der Waals surface area contributed by atoms with Crippen molar-refractivity contribution in [3.05, 3.63) is 0 Å². The minimum absolute atomic E-state index is 0.392. The van der Waals surface area contributed by atoms with Crippen LogP contribution in [-0.2, 0) is 0 Å². The molecule has 13 heavy (non-hydrogen) atoms. The predicted molar refractivity (Wildman–Crippen MR) is 53.6 cm³/mol. The molecule has 0 radical (unpaired) electrons. The van der Waals surface area contributed by atoms with Gasteiger partial charge in [-0.25, -0.2) is 0 Å². The van der Waals surface area contributed by atoms with Crippen LogP contribution in [0.15, 0.2) is 0 Å². The molecule has 0 aromatic carbocycles. The lowest BCUT2D eigenvalue weighted by Gasteiger charge is -2.38. The maximum Gasteiger partial charge on any atom is 0.0471 e. The molecule has 1 atom stereocenters. The highest BCUT2D eigenvalue weighted by atomic mass is 16.3. The molecular formula is C11H21NO. The van der Waals surface area contributed by atoms with Crippen molar-refractivity contribution in [2.24, 2.45) is 5.92 Å². The second-order valence-electron chi connectivity index (χ2n) is 4.62. The molecule has 1 saturated heterocycles. The van der Waals surface area contributed by atoms with Gasteiger partial charge < -0.3 is 10.0 Å². The zero-order valence-corrected chi connectivity index (χ0v) is 8.41. The Kier molecular flexibility index (Phi) is 3.23. The Morgan fingerprint density at radius 2 is 1.92 bits per heavy atom. The molecule has 1 N–H and O–H groups in total. The van der Waals surface area contributed by atoms with Crippen LogP contribution >= 0.6 is 0 Å². The summed E-state index contributed by atoms with van der Waals surface area (Å²) < 4.78 is 0. The molecule has 76 valence electrons. The van der Waals surface area contributed by atoms with Crippen LogP contribution < -0.4 is 0 Å². The summed E-state index contributed by atoms with van der Waals surface area (Å²) in [4.78, 5) is 2.62. The predicted octanol–water partition coefficient (Wildman–Crippen LogP) is 1.63. The van der Waals surface area contributed by atoms with Gasteiger partial charge in [0.1, 0.15) is 0 Å². The lowest BCUT2D eigenvalue weighted by molar-refractivity contribution is 0.0981. The van der Waals surface area contributed by atoms with Gasteiger partial charge in [-0.1, -0.05) is 12.8 Å². The van der Waals surface area contributed by atoms with Crippen molar-refractivity contribution in [1.29, 1.82) is 0 Å². The van der Waals surface area contributed by atoms with E-state index in [1.165, 1.54) is 45.1 Å². The summed E-state index contributed by atoms with van der Waals surface area (Å²) in [6.45, 7) is 2.82. The molecule has 0 amide bonds. The molecule has 1 aliphatic carbocycles. The summed E-state index contributed by atoms with van der Waals surface area (Å²) in [5.41, 5.74) is 0. The van der Waals surface area contributed by atoms with Gasteiger partial charge in [-0.2, -0.15) is 0 Å². The third kappa shape index (κ3) is 2.23. The Labute approximate surface area is 80.9 Å². The second-order valence-corrected chi connectivity index (χ2v) is 4.62. The fraction of sp³-hybridized carbons (Fsp3) is 1.00. The van der Waals surface area contributed by atoms with Crippen LogP contribution in [0.4, 0.5) is 0 Å². The first-order valence-electron chi connectivity index (χ1n) is 5.75. The van der Waals surface area contributed by atoms with Gasteiger partial charge in [0.25, 0.3) is 0 Å². The van der Waals surface area contributed by atoms with E-state index < -0.39 is 0 Å². The zero-order valence-electron chi connectivity index (χ0n) is 8.41. The monoisotopic (exact) mass is 183 g/mol. The number of rotatable bonds is 2.